The van der Waals surface area contributed by atoms with Gasteiger partial charge < -0.3 is 10.5 Å². The highest BCUT2D eigenvalue weighted by atomic mass is 32.1. The molecule has 8 heteroatoms. The van der Waals surface area contributed by atoms with E-state index in [1.54, 1.807) is 13.8 Å². The standard InChI is InChI=1S/C13H14F5NOS/c1-13(2,12(19)21)4-3-5-20-11-9(17)7(15)6(14)8(16)10(11)18/h3-5H2,1-2H3,(H2,19,21). The monoisotopic (exact) mass is 327 g/mol. The molecule has 0 bridgehead atoms. The second-order valence-electron chi connectivity index (χ2n) is 5.10. The molecule has 0 aliphatic carbocycles. The van der Waals surface area contributed by atoms with Gasteiger partial charge in [0.2, 0.25) is 29.1 Å². The van der Waals surface area contributed by atoms with Gasteiger partial charge in [-0.15, -0.1) is 0 Å². The van der Waals surface area contributed by atoms with Gasteiger partial charge in [0.1, 0.15) is 0 Å². The number of thiocarbonyl (C=S) groups is 1. The molecule has 0 fully saturated rings. The van der Waals surface area contributed by atoms with E-state index in [-0.39, 0.29) is 18.0 Å². The van der Waals surface area contributed by atoms with Crippen LogP contribution in [0.2, 0.25) is 0 Å². The molecule has 21 heavy (non-hydrogen) atoms. The zero-order chi connectivity index (χ0) is 16.4. The fourth-order valence-electron chi connectivity index (χ4n) is 1.52. The van der Waals surface area contributed by atoms with Gasteiger partial charge in [-0.3, -0.25) is 0 Å². The molecule has 0 aliphatic heterocycles. The highest BCUT2D eigenvalue weighted by molar-refractivity contribution is 7.80. The number of hydrogen-bond acceptors (Lipinski definition) is 2. The van der Waals surface area contributed by atoms with Crippen LogP contribution < -0.4 is 10.5 Å². The Morgan fingerprint density at radius 2 is 1.43 bits per heavy atom. The quantitative estimate of drug-likeness (QED) is 0.283. The third kappa shape index (κ3) is 3.81. The molecule has 0 radical (unpaired) electrons. The molecule has 0 aliphatic rings. The Bertz CT molecular complexity index is 533. The van der Waals surface area contributed by atoms with Gasteiger partial charge in [0.05, 0.1) is 11.6 Å². The Morgan fingerprint density at radius 1 is 1.00 bits per heavy atom. The Kier molecular flexibility index (Phi) is 5.49. The van der Waals surface area contributed by atoms with Gasteiger partial charge in [-0.05, 0) is 12.8 Å². The van der Waals surface area contributed by atoms with Crippen molar-refractivity contribution in [2.75, 3.05) is 6.61 Å². The fraction of sp³-hybridized carbons (Fsp3) is 0.462. The number of hydrogen-bond donors (Lipinski definition) is 1. The van der Waals surface area contributed by atoms with Crippen LogP contribution in [0.3, 0.4) is 0 Å². The summed E-state index contributed by atoms with van der Waals surface area (Å²) >= 11 is 4.84. The normalized spacial score (nSPS) is 11.6. The van der Waals surface area contributed by atoms with E-state index in [0.29, 0.717) is 6.42 Å². The van der Waals surface area contributed by atoms with Gasteiger partial charge in [0, 0.05) is 5.41 Å². The topological polar surface area (TPSA) is 35.2 Å². The largest absolute Gasteiger partial charge is 0.487 e. The minimum Gasteiger partial charge on any atom is -0.487 e. The van der Waals surface area contributed by atoms with Gasteiger partial charge in [-0.2, -0.15) is 8.78 Å². The second-order valence-corrected chi connectivity index (χ2v) is 5.54. The maximum atomic E-state index is 13.3. The van der Waals surface area contributed by atoms with Crippen molar-refractivity contribution in [1.29, 1.82) is 0 Å². The maximum Gasteiger partial charge on any atom is 0.206 e. The average Bonchev–Trinajstić information content (AvgIpc) is 2.42. The van der Waals surface area contributed by atoms with Crippen molar-refractivity contribution in [2.45, 2.75) is 26.7 Å². The number of nitrogens with two attached hydrogens (primary N) is 1. The molecule has 1 aromatic carbocycles. The Balaban J connectivity index is 2.76. The molecule has 0 saturated carbocycles. The van der Waals surface area contributed by atoms with Gasteiger partial charge in [0.15, 0.2) is 5.75 Å². The molecule has 0 saturated heterocycles. The third-order valence-corrected chi connectivity index (χ3v) is 3.58. The van der Waals surface area contributed by atoms with Crippen molar-refractivity contribution in [2.24, 2.45) is 11.1 Å². The summed E-state index contributed by atoms with van der Waals surface area (Å²) in [6.45, 7) is 3.31. The lowest BCUT2D eigenvalue weighted by molar-refractivity contribution is 0.247. The Hall–Kier alpha value is -1.44. The highest BCUT2D eigenvalue weighted by Gasteiger charge is 2.27. The summed E-state index contributed by atoms with van der Waals surface area (Å²) in [4.78, 5) is 0.263. The SMILES string of the molecule is CC(C)(CCCOc1c(F)c(F)c(F)c(F)c1F)C(N)=S. The van der Waals surface area contributed by atoms with Gasteiger partial charge in [0.25, 0.3) is 0 Å². The van der Waals surface area contributed by atoms with Crippen LogP contribution in [-0.4, -0.2) is 11.6 Å². The second kappa shape index (κ2) is 6.55. The van der Waals surface area contributed by atoms with Gasteiger partial charge in [-0.25, -0.2) is 13.2 Å². The molecule has 2 nitrogen and oxygen atoms in total. The molecule has 0 heterocycles. The first-order valence-electron chi connectivity index (χ1n) is 6.03. The van der Waals surface area contributed by atoms with Crippen LogP contribution in [0.15, 0.2) is 0 Å². The molecule has 0 spiro atoms. The van der Waals surface area contributed by atoms with E-state index < -0.39 is 40.3 Å². The first kappa shape index (κ1) is 17.6. The molecule has 1 aromatic rings. The van der Waals surface area contributed by atoms with Crippen molar-refractivity contribution in [3.63, 3.8) is 0 Å². The highest BCUT2D eigenvalue weighted by Crippen LogP contribution is 2.29. The number of ether oxygens (including phenoxy) is 1. The minimum atomic E-state index is -2.22. The average molecular weight is 327 g/mol. The van der Waals surface area contributed by atoms with Crippen molar-refractivity contribution in [3.05, 3.63) is 29.1 Å². The minimum absolute atomic E-state index is 0.232. The van der Waals surface area contributed by atoms with E-state index in [9.17, 15) is 22.0 Å². The van der Waals surface area contributed by atoms with Crippen molar-refractivity contribution in [3.8, 4) is 5.75 Å². The lowest BCUT2D eigenvalue weighted by Gasteiger charge is -2.22. The summed E-state index contributed by atoms with van der Waals surface area (Å²) < 4.78 is 70.0. The first-order valence-corrected chi connectivity index (χ1v) is 6.44. The molecular weight excluding hydrogens is 313 g/mol. The van der Waals surface area contributed by atoms with Crippen LogP contribution in [-0.2, 0) is 0 Å². The molecule has 0 unspecified atom stereocenters. The van der Waals surface area contributed by atoms with Gasteiger partial charge in [-0.1, -0.05) is 26.1 Å². The number of benzene rings is 1. The summed E-state index contributed by atoms with van der Waals surface area (Å²) in [7, 11) is 0. The number of halogens is 5. The lowest BCUT2D eigenvalue weighted by Crippen LogP contribution is -2.30. The molecule has 0 aromatic heterocycles. The molecule has 2 N–H and O–H groups in total. The van der Waals surface area contributed by atoms with Crippen LogP contribution in [0.4, 0.5) is 22.0 Å². The molecule has 0 atom stereocenters. The zero-order valence-electron chi connectivity index (χ0n) is 11.4. The van der Waals surface area contributed by atoms with E-state index in [2.05, 4.69) is 4.74 Å². The van der Waals surface area contributed by atoms with E-state index >= 15 is 0 Å². The van der Waals surface area contributed by atoms with Crippen LogP contribution in [0.1, 0.15) is 26.7 Å². The summed E-state index contributed by atoms with van der Waals surface area (Å²) in [6.07, 6.45) is 0.724. The zero-order valence-corrected chi connectivity index (χ0v) is 12.2. The fourth-order valence-corrected chi connectivity index (χ4v) is 1.63. The molecule has 1 rings (SSSR count). The maximum absolute atomic E-state index is 13.3. The lowest BCUT2D eigenvalue weighted by atomic mass is 9.88. The van der Waals surface area contributed by atoms with E-state index in [1.165, 1.54) is 0 Å². The summed E-state index contributed by atoms with van der Waals surface area (Å²) in [5.74, 6) is -11.5. The molecule has 0 amide bonds. The number of rotatable bonds is 6. The van der Waals surface area contributed by atoms with Crippen LogP contribution in [0, 0.1) is 34.5 Å². The van der Waals surface area contributed by atoms with Crippen LogP contribution in [0.5, 0.6) is 5.75 Å². The Morgan fingerprint density at radius 3 is 1.86 bits per heavy atom. The molecular formula is C13H14F5NOS. The first-order chi connectivity index (χ1) is 9.59. The van der Waals surface area contributed by atoms with Crippen molar-refractivity contribution in [1.82, 2.24) is 0 Å². The summed E-state index contributed by atoms with van der Waals surface area (Å²) in [5, 5.41) is 0. The van der Waals surface area contributed by atoms with Crippen molar-refractivity contribution >= 4 is 17.2 Å². The van der Waals surface area contributed by atoms with Crippen molar-refractivity contribution < 1.29 is 26.7 Å². The van der Waals surface area contributed by atoms with Crippen LogP contribution in [0.25, 0.3) is 0 Å². The van der Waals surface area contributed by atoms with E-state index in [4.69, 9.17) is 18.0 Å². The third-order valence-electron chi connectivity index (χ3n) is 3.03. The summed E-state index contributed by atoms with van der Waals surface area (Å²) in [6, 6.07) is 0. The predicted molar refractivity (Wildman–Crippen MR) is 71.5 cm³/mol. The smallest absolute Gasteiger partial charge is 0.206 e. The van der Waals surface area contributed by atoms with Gasteiger partial charge >= 0.3 is 0 Å². The van der Waals surface area contributed by atoms with Crippen LogP contribution >= 0.6 is 12.2 Å². The summed E-state index contributed by atoms with van der Waals surface area (Å²) in [5.41, 5.74) is 5.01. The van der Waals surface area contributed by atoms with E-state index in [0.717, 1.165) is 0 Å². The van der Waals surface area contributed by atoms with E-state index in [1.807, 2.05) is 0 Å². The predicted octanol–water partition coefficient (Wildman–Crippen LogP) is 3.85. The molecule has 118 valence electrons. The Labute approximate surface area is 124 Å².